The fourth-order valence-electron chi connectivity index (χ4n) is 2.93. The lowest BCUT2D eigenvalue weighted by Gasteiger charge is -2.34. The van der Waals surface area contributed by atoms with Crippen molar-refractivity contribution in [1.29, 1.82) is 0 Å². The summed E-state index contributed by atoms with van der Waals surface area (Å²) in [7, 11) is 3.29. The minimum absolute atomic E-state index is 0.259. The molecule has 0 spiro atoms. The normalized spacial score (nSPS) is 18.0. The molecule has 0 aromatic heterocycles. The van der Waals surface area contributed by atoms with E-state index in [0.717, 1.165) is 43.1 Å². The summed E-state index contributed by atoms with van der Waals surface area (Å²) >= 11 is 0. The van der Waals surface area contributed by atoms with Gasteiger partial charge in [-0.2, -0.15) is 0 Å². The number of hydrogen-bond donors (Lipinski definition) is 1. The summed E-state index contributed by atoms with van der Waals surface area (Å²) in [6.45, 7) is 5.79. The van der Waals surface area contributed by atoms with Crippen molar-refractivity contribution >= 4 is 11.6 Å². The molecule has 0 radical (unpaired) electrons. The molecule has 0 unspecified atom stereocenters. The van der Waals surface area contributed by atoms with E-state index in [2.05, 4.69) is 19.2 Å². The first-order valence-corrected chi connectivity index (χ1v) is 8.29. The van der Waals surface area contributed by atoms with E-state index < -0.39 is 0 Å². The molecule has 1 heterocycles. The Bertz CT molecular complexity index is 509. The molecule has 0 saturated carbocycles. The summed E-state index contributed by atoms with van der Waals surface area (Å²) in [4.78, 5) is 14.3. The number of carbonyl (C=O) groups is 1. The molecule has 128 valence electrons. The lowest BCUT2D eigenvalue weighted by molar-refractivity contribution is -0.133. The van der Waals surface area contributed by atoms with Gasteiger partial charge in [0.15, 0.2) is 0 Å². The fourth-order valence-corrected chi connectivity index (χ4v) is 2.93. The third-order valence-corrected chi connectivity index (χ3v) is 4.08. The molecule has 23 heavy (non-hydrogen) atoms. The number of rotatable bonds is 6. The molecule has 1 aliphatic rings. The van der Waals surface area contributed by atoms with Crippen LogP contribution in [0, 0.1) is 5.92 Å². The zero-order valence-corrected chi connectivity index (χ0v) is 14.6. The first-order valence-electron chi connectivity index (χ1n) is 8.29. The fraction of sp³-hybridized carbons (Fsp3) is 0.611. The van der Waals surface area contributed by atoms with Crippen molar-refractivity contribution < 1.29 is 14.3 Å². The molecule has 2 rings (SSSR count). The minimum atomic E-state index is 0.259. The molecule has 5 heteroatoms. The average Bonchev–Trinajstić information content (AvgIpc) is 2.54. The van der Waals surface area contributed by atoms with Crippen molar-refractivity contribution in [2.75, 3.05) is 32.6 Å². The summed E-state index contributed by atoms with van der Waals surface area (Å²) in [5.74, 6) is 2.18. The highest BCUT2D eigenvalue weighted by Crippen LogP contribution is 2.27. The smallest absolute Gasteiger partial charge is 0.222 e. The van der Waals surface area contributed by atoms with E-state index in [0.29, 0.717) is 12.3 Å². The lowest BCUT2D eigenvalue weighted by Crippen LogP contribution is -2.45. The highest BCUT2D eigenvalue weighted by Gasteiger charge is 2.24. The van der Waals surface area contributed by atoms with Crippen molar-refractivity contribution in [2.45, 2.75) is 39.2 Å². The van der Waals surface area contributed by atoms with E-state index in [9.17, 15) is 4.79 Å². The van der Waals surface area contributed by atoms with Gasteiger partial charge in [0, 0.05) is 49.4 Å². The summed E-state index contributed by atoms with van der Waals surface area (Å²) in [5, 5.41) is 3.51. The van der Waals surface area contributed by atoms with Crippen LogP contribution in [0.15, 0.2) is 18.2 Å². The average molecular weight is 320 g/mol. The Balaban J connectivity index is 2.01. The number of anilines is 1. The van der Waals surface area contributed by atoms with E-state index in [-0.39, 0.29) is 11.9 Å². The van der Waals surface area contributed by atoms with Gasteiger partial charge in [-0.1, -0.05) is 13.8 Å². The molecule has 1 aromatic rings. The van der Waals surface area contributed by atoms with Gasteiger partial charge in [-0.3, -0.25) is 4.79 Å². The van der Waals surface area contributed by atoms with Crippen LogP contribution < -0.4 is 14.8 Å². The van der Waals surface area contributed by atoms with E-state index in [1.54, 1.807) is 14.2 Å². The molecule has 1 fully saturated rings. The van der Waals surface area contributed by atoms with E-state index in [4.69, 9.17) is 9.47 Å². The van der Waals surface area contributed by atoms with Crippen LogP contribution in [0.3, 0.4) is 0 Å². The predicted molar refractivity (Wildman–Crippen MR) is 92.2 cm³/mol. The maximum absolute atomic E-state index is 12.3. The van der Waals surface area contributed by atoms with Crippen LogP contribution in [-0.4, -0.2) is 44.2 Å². The maximum Gasteiger partial charge on any atom is 0.222 e. The number of carbonyl (C=O) groups excluding carboxylic acids is 1. The van der Waals surface area contributed by atoms with Gasteiger partial charge in [-0.25, -0.2) is 0 Å². The van der Waals surface area contributed by atoms with Gasteiger partial charge in [0.05, 0.1) is 14.2 Å². The summed E-state index contributed by atoms with van der Waals surface area (Å²) in [6.07, 6.45) is 2.72. The second-order valence-corrected chi connectivity index (χ2v) is 6.52. The van der Waals surface area contributed by atoms with Crippen LogP contribution in [0.5, 0.6) is 11.5 Å². The topological polar surface area (TPSA) is 50.8 Å². The van der Waals surface area contributed by atoms with Gasteiger partial charge >= 0.3 is 0 Å². The van der Waals surface area contributed by atoms with Crippen molar-refractivity contribution in [3.8, 4) is 11.5 Å². The molecule has 0 bridgehead atoms. The van der Waals surface area contributed by atoms with Crippen molar-refractivity contribution in [3.05, 3.63) is 18.2 Å². The Kier molecular flexibility index (Phi) is 6.13. The Morgan fingerprint density at radius 1 is 1.26 bits per heavy atom. The van der Waals surface area contributed by atoms with E-state index in [1.807, 2.05) is 23.1 Å². The van der Waals surface area contributed by atoms with Crippen LogP contribution >= 0.6 is 0 Å². The summed E-state index contributed by atoms with van der Waals surface area (Å²) in [6, 6.07) is 6.02. The van der Waals surface area contributed by atoms with Crippen molar-refractivity contribution in [3.63, 3.8) is 0 Å². The predicted octanol–water partition coefficient (Wildman–Crippen LogP) is 3.15. The van der Waals surface area contributed by atoms with Gasteiger partial charge in [-0.15, -0.1) is 0 Å². The van der Waals surface area contributed by atoms with Gasteiger partial charge in [0.2, 0.25) is 5.91 Å². The van der Waals surface area contributed by atoms with Crippen LogP contribution in [-0.2, 0) is 4.79 Å². The van der Waals surface area contributed by atoms with Gasteiger partial charge in [-0.05, 0) is 18.8 Å². The highest BCUT2D eigenvalue weighted by atomic mass is 16.5. The number of hydrogen-bond acceptors (Lipinski definition) is 4. The Labute approximate surface area is 139 Å². The number of nitrogens with zero attached hydrogens (tertiary/aromatic N) is 1. The Morgan fingerprint density at radius 2 is 1.91 bits per heavy atom. The zero-order valence-electron chi connectivity index (χ0n) is 14.6. The van der Waals surface area contributed by atoms with Gasteiger partial charge in [0.1, 0.15) is 11.5 Å². The number of amides is 1. The number of benzene rings is 1. The monoisotopic (exact) mass is 320 g/mol. The lowest BCUT2D eigenvalue weighted by atomic mass is 10.0. The molecule has 1 aliphatic heterocycles. The van der Waals surface area contributed by atoms with E-state index in [1.165, 1.54) is 0 Å². The SMILES string of the molecule is COc1cc(N[C@@H]2CCCN(C(=O)CC(C)C)C2)cc(OC)c1. The minimum Gasteiger partial charge on any atom is -0.497 e. The number of piperidine rings is 1. The third-order valence-electron chi connectivity index (χ3n) is 4.08. The maximum atomic E-state index is 12.3. The summed E-state index contributed by atoms with van der Waals surface area (Å²) < 4.78 is 10.6. The van der Waals surface area contributed by atoms with Crippen LogP contribution in [0.25, 0.3) is 0 Å². The molecule has 1 saturated heterocycles. The quantitative estimate of drug-likeness (QED) is 0.875. The second kappa shape index (κ2) is 8.09. The van der Waals surface area contributed by atoms with Crippen molar-refractivity contribution in [2.24, 2.45) is 5.92 Å². The molecule has 1 amide bonds. The first kappa shape index (κ1) is 17.4. The van der Waals surface area contributed by atoms with Crippen molar-refractivity contribution in [1.82, 2.24) is 4.90 Å². The molecular weight excluding hydrogens is 292 g/mol. The van der Waals surface area contributed by atoms with Crippen LogP contribution in [0.1, 0.15) is 33.1 Å². The van der Waals surface area contributed by atoms with Gasteiger partial charge < -0.3 is 19.7 Å². The second-order valence-electron chi connectivity index (χ2n) is 6.52. The largest absolute Gasteiger partial charge is 0.497 e. The van der Waals surface area contributed by atoms with Crippen LogP contribution in [0.2, 0.25) is 0 Å². The highest BCUT2D eigenvalue weighted by molar-refractivity contribution is 5.76. The molecule has 0 aliphatic carbocycles. The summed E-state index contributed by atoms with van der Waals surface area (Å²) in [5.41, 5.74) is 0.962. The van der Waals surface area contributed by atoms with Crippen LogP contribution in [0.4, 0.5) is 5.69 Å². The molecular formula is C18H28N2O3. The zero-order chi connectivity index (χ0) is 16.8. The Morgan fingerprint density at radius 3 is 2.48 bits per heavy atom. The molecule has 1 aromatic carbocycles. The Hall–Kier alpha value is -1.91. The number of methoxy groups -OCH3 is 2. The number of nitrogens with one attached hydrogen (secondary N) is 1. The number of ether oxygens (including phenoxy) is 2. The molecule has 5 nitrogen and oxygen atoms in total. The molecule has 1 atom stereocenters. The standard InChI is InChI=1S/C18H28N2O3/c1-13(2)8-18(21)20-7-5-6-14(12-20)19-15-9-16(22-3)11-17(10-15)23-4/h9-11,13-14,19H,5-8,12H2,1-4H3/t14-/m1/s1. The third kappa shape index (κ3) is 5.05. The van der Waals surface area contributed by atoms with Gasteiger partial charge in [0.25, 0.3) is 0 Å². The first-order chi connectivity index (χ1) is 11.0. The number of likely N-dealkylation sites (tertiary alicyclic amines) is 1. The molecule has 1 N–H and O–H groups in total. The van der Waals surface area contributed by atoms with E-state index >= 15 is 0 Å².